The molecule has 1 heterocycles. The molecular weight excluding hydrogens is 260 g/mol. The third-order valence-corrected chi connectivity index (χ3v) is 5.02. The van der Waals surface area contributed by atoms with Crippen LogP contribution in [0.5, 0.6) is 0 Å². The van der Waals surface area contributed by atoms with Crippen LogP contribution in [-0.4, -0.2) is 12.6 Å². The smallest absolute Gasteiger partial charge is 0.309 e. The van der Waals surface area contributed by atoms with Crippen molar-refractivity contribution in [2.75, 3.05) is 6.61 Å². The lowest BCUT2D eigenvalue weighted by molar-refractivity contribution is -0.160. The van der Waals surface area contributed by atoms with Crippen LogP contribution >= 0.6 is 0 Å². The Labute approximate surface area is 129 Å². The SMILES string of the molecule is C=CCCCC1C(=O)OCC2C(=C)CCC=C(C)CCC21. The minimum Gasteiger partial charge on any atom is -0.465 e. The molecule has 0 aromatic heterocycles. The van der Waals surface area contributed by atoms with E-state index in [2.05, 4.69) is 26.2 Å². The molecule has 3 atom stereocenters. The molecule has 0 aromatic carbocycles. The van der Waals surface area contributed by atoms with Crippen molar-refractivity contribution in [3.05, 3.63) is 36.5 Å². The van der Waals surface area contributed by atoms with Crippen LogP contribution in [0.4, 0.5) is 0 Å². The zero-order chi connectivity index (χ0) is 15.2. The Morgan fingerprint density at radius 2 is 2.24 bits per heavy atom. The average molecular weight is 288 g/mol. The Hall–Kier alpha value is -1.31. The van der Waals surface area contributed by atoms with Gasteiger partial charge in [-0.15, -0.1) is 6.58 Å². The molecule has 0 bridgehead atoms. The van der Waals surface area contributed by atoms with E-state index in [9.17, 15) is 4.79 Å². The monoisotopic (exact) mass is 288 g/mol. The van der Waals surface area contributed by atoms with Crippen LogP contribution in [0.25, 0.3) is 0 Å². The molecule has 3 unspecified atom stereocenters. The van der Waals surface area contributed by atoms with Gasteiger partial charge >= 0.3 is 5.97 Å². The van der Waals surface area contributed by atoms with Gasteiger partial charge in [-0.05, 0) is 57.8 Å². The minimum atomic E-state index is 0.00833. The molecular formula is C19H28O2. The maximum Gasteiger partial charge on any atom is 0.309 e. The van der Waals surface area contributed by atoms with Crippen LogP contribution in [0.15, 0.2) is 36.5 Å². The molecule has 116 valence electrons. The zero-order valence-electron chi connectivity index (χ0n) is 13.3. The predicted octanol–water partition coefficient (Wildman–Crippen LogP) is 4.82. The van der Waals surface area contributed by atoms with Crippen molar-refractivity contribution in [2.24, 2.45) is 17.8 Å². The summed E-state index contributed by atoms with van der Waals surface area (Å²) in [5.74, 6) is 0.820. The Morgan fingerprint density at radius 1 is 1.43 bits per heavy atom. The van der Waals surface area contributed by atoms with Gasteiger partial charge in [0, 0.05) is 5.92 Å². The first-order valence-electron chi connectivity index (χ1n) is 8.24. The molecule has 1 aliphatic carbocycles. The molecule has 21 heavy (non-hydrogen) atoms. The fraction of sp³-hybridized carbons (Fsp3) is 0.632. The number of hydrogen-bond donors (Lipinski definition) is 0. The topological polar surface area (TPSA) is 26.3 Å². The van der Waals surface area contributed by atoms with E-state index in [4.69, 9.17) is 4.74 Å². The van der Waals surface area contributed by atoms with Crippen LogP contribution in [-0.2, 0) is 9.53 Å². The molecule has 0 radical (unpaired) electrons. The highest BCUT2D eigenvalue weighted by Gasteiger charge is 2.40. The van der Waals surface area contributed by atoms with Crippen molar-refractivity contribution < 1.29 is 9.53 Å². The van der Waals surface area contributed by atoms with Crippen molar-refractivity contribution in [1.29, 1.82) is 0 Å². The number of ether oxygens (including phenoxy) is 1. The maximum absolute atomic E-state index is 12.2. The molecule has 0 N–H and O–H groups in total. The number of carbonyl (C=O) groups is 1. The summed E-state index contributed by atoms with van der Waals surface area (Å²) in [4.78, 5) is 12.2. The number of hydrogen-bond acceptors (Lipinski definition) is 2. The minimum absolute atomic E-state index is 0.00833. The van der Waals surface area contributed by atoms with Gasteiger partial charge in [0.1, 0.15) is 0 Å². The second-order valence-corrected chi connectivity index (χ2v) is 6.51. The van der Waals surface area contributed by atoms with E-state index in [1.54, 1.807) is 0 Å². The Balaban J connectivity index is 2.14. The van der Waals surface area contributed by atoms with Gasteiger partial charge in [0.05, 0.1) is 12.5 Å². The second-order valence-electron chi connectivity index (χ2n) is 6.51. The summed E-state index contributed by atoms with van der Waals surface area (Å²) >= 11 is 0. The molecule has 2 heteroatoms. The largest absolute Gasteiger partial charge is 0.465 e. The summed E-state index contributed by atoms with van der Waals surface area (Å²) in [5, 5.41) is 0. The molecule has 2 nitrogen and oxygen atoms in total. The summed E-state index contributed by atoms with van der Waals surface area (Å²) in [6, 6.07) is 0. The lowest BCUT2D eigenvalue weighted by Gasteiger charge is -2.38. The van der Waals surface area contributed by atoms with Crippen LogP contribution in [0.3, 0.4) is 0 Å². The number of unbranched alkanes of at least 4 members (excludes halogenated alkanes) is 1. The van der Waals surface area contributed by atoms with Crippen molar-refractivity contribution in [3.8, 4) is 0 Å². The van der Waals surface area contributed by atoms with Gasteiger partial charge in [-0.2, -0.15) is 0 Å². The van der Waals surface area contributed by atoms with Crippen molar-refractivity contribution in [2.45, 2.75) is 51.9 Å². The highest BCUT2D eigenvalue weighted by atomic mass is 16.5. The third kappa shape index (κ3) is 4.09. The third-order valence-electron chi connectivity index (χ3n) is 5.02. The zero-order valence-corrected chi connectivity index (χ0v) is 13.3. The molecule has 2 rings (SSSR count). The normalized spacial score (nSPS) is 30.3. The summed E-state index contributed by atoms with van der Waals surface area (Å²) in [5.41, 5.74) is 2.72. The van der Waals surface area contributed by atoms with E-state index in [0.717, 1.165) is 44.9 Å². The molecule has 1 saturated heterocycles. The second kappa shape index (κ2) is 7.63. The Kier molecular flexibility index (Phi) is 5.84. The summed E-state index contributed by atoms with van der Waals surface area (Å²) in [7, 11) is 0. The van der Waals surface area contributed by atoms with Crippen LogP contribution in [0.1, 0.15) is 51.9 Å². The molecule has 1 fully saturated rings. The standard InChI is InChI=1S/C19H28O2/c1-4-5-6-10-17-16-12-11-14(2)8-7-9-15(3)18(16)13-21-19(17)20/h4,8,16-18H,1,3,5-7,9-13H2,2H3. The lowest BCUT2D eigenvalue weighted by atomic mass is 9.72. The lowest BCUT2D eigenvalue weighted by Crippen LogP contribution is -2.40. The average Bonchev–Trinajstić information content (AvgIpc) is 2.52. The van der Waals surface area contributed by atoms with Crippen LogP contribution in [0.2, 0.25) is 0 Å². The van der Waals surface area contributed by atoms with E-state index in [1.807, 2.05) is 6.08 Å². The highest BCUT2D eigenvalue weighted by Crippen LogP contribution is 2.40. The summed E-state index contributed by atoms with van der Waals surface area (Å²) in [6.07, 6.45) is 11.5. The number of rotatable bonds is 4. The number of cyclic esters (lactones) is 1. The van der Waals surface area contributed by atoms with Crippen molar-refractivity contribution in [1.82, 2.24) is 0 Å². The first-order valence-corrected chi connectivity index (χ1v) is 8.24. The molecule has 0 spiro atoms. The highest BCUT2D eigenvalue weighted by molar-refractivity contribution is 5.73. The van der Waals surface area contributed by atoms with Crippen molar-refractivity contribution in [3.63, 3.8) is 0 Å². The fourth-order valence-corrected chi connectivity index (χ4v) is 3.68. The van der Waals surface area contributed by atoms with E-state index >= 15 is 0 Å². The molecule has 0 aromatic rings. The van der Waals surface area contributed by atoms with Gasteiger partial charge in [0.2, 0.25) is 0 Å². The van der Waals surface area contributed by atoms with Crippen LogP contribution in [0, 0.1) is 17.8 Å². The van der Waals surface area contributed by atoms with Gasteiger partial charge in [-0.1, -0.05) is 29.9 Å². The number of fused-ring (bicyclic) bond motifs is 1. The molecule has 2 aliphatic rings. The number of esters is 1. The van der Waals surface area contributed by atoms with Crippen LogP contribution < -0.4 is 0 Å². The molecule has 1 aliphatic heterocycles. The van der Waals surface area contributed by atoms with Gasteiger partial charge < -0.3 is 4.74 Å². The first-order chi connectivity index (χ1) is 10.1. The van der Waals surface area contributed by atoms with Gasteiger partial charge in [-0.25, -0.2) is 0 Å². The van der Waals surface area contributed by atoms with E-state index in [-0.39, 0.29) is 11.9 Å². The Bertz CT molecular complexity index is 433. The maximum atomic E-state index is 12.2. The van der Waals surface area contributed by atoms with Gasteiger partial charge in [-0.3, -0.25) is 4.79 Å². The van der Waals surface area contributed by atoms with E-state index < -0.39 is 0 Å². The molecule has 0 amide bonds. The Morgan fingerprint density at radius 3 is 3.00 bits per heavy atom. The van der Waals surface area contributed by atoms with E-state index in [0.29, 0.717) is 18.4 Å². The predicted molar refractivity (Wildman–Crippen MR) is 86.8 cm³/mol. The quantitative estimate of drug-likeness (QED) is 0.421. The van der Waals surface area contributed by atoms with Gasteiger partial charge in [0.25, 0.3) is 0 Å². The number of allylic oxidation sites excluding steroid dienone is 3. The van der Waals surface area contributed by atoms with E-state index in [1.165, 1.54) is 11.1 Å². The van der Waals surface area contributed by atoms with Gasteiger partial charge in [0.15, 0.2) is 0 Å². The number of carbonyl (C=O) groups excluding carboxylic acids is 1. The fourth-order valence-electron chi connectivity index (χ4n) is 3.68. The summed E-state index contributed by atoms with van der Waals surface area (Å²) < 4.78 is 5.48. The summed E-state index contributed by atoms with van der Waals surface area (Å²) in [6.45, 7) is 10.8. The van der Waals surface area contributed by atoms with Crippen molar-refractivity contribution >= 4 is 5.97 Å². The molecule has 0 saturated carbocycles. The first kappa shape index (κ1) is 16.1.